The van der Waals surface area contributed by atoms with E-state index in [2.05, 4.69) is 20.5 Å². The quantitative estimate of drug-likeness (QED) is 0.557. The van der Waals surface area contributed by atoms with Gasteiger partial charge in [0.1, 0.15) is 16.6 Å². The Hall–Kier alpha value is -3.04. The van der Waals surface area contributed by atoms with Crippen LogP contribution >= 0.6 is 11.3 Å². The summed E-state index contributed by atoms with van der Waals surface area (Å²) in [5.74, 6) is 1.50. The molecule has 5 rings (SSSR count). The van der Waals surface area contributed by atoms with Gasteiger partial charge in [0, 0.05) is 43.4 Å². The Bertz CT molecular complexity index is 1230. The molecule has 1 saturated heterocycles. The van der Waals surface area contributed by atoms with Crippen molar-refractivity contribution in [2.75, 3.05) is 31.1 Å². The molecule has 9 heteroatoms. The number of benzene rings is 1. The van der Waals surface area contributed by atoms with Gasteiger partial charge in [0.15, 0.2) is 0 Å². The van der Waals surface area contributed by atoms with E-state index in [-0.39, 0.29) is 5.56 Å². The van der Waals surface area contributed by atoms with Crippen molar-refractivity contribution >= 4 is 22.1 Å². The summed E-state index contributed by atoms with van der Waals surface area (Å²) in [5, 5.41) is 12.6. The van der Waals surface area contributed by atoms with Gasteiger partial charge in [-0.05, 0) is 25.5 Å². The molecule has 0 aliphatic carbocycles. The average Bonchev–Trinajstić information content (AvgIpc) is 3.32. The number of nitrogens with one attached hydrogen (secondary N) is 1. The minimum absolute atomic E-state index is 0.159. The summed E-state index contributed by atoms with van der Waals surface area (Å²) in [4.78, 5) is 20.1. The largest absolute Gasteiger partial charge is 0.361 e. The second-order valence-corrected chi connectivity index (χ2v) is 8.03. The zero-order chi connectivity index (χ0) is 20.0. The average molecular weight is 408 g/mol. The van der Waals surface area contributed by atoms with E-state index in [1.54, 1.807) is 6.07 Å². The van der Waals surface area contributed by atoms with E-state index in [0.717, 1.165) is 65.1 Å². The summed E-state index contributed by atoms with van der Waals surface area (Å²) in [6, 6.07) is 9.61. The Morgan fingerprint density at radius 2 is 1.93 bits per heavy atom. The molecule has 4 aromatic rings. The molecule has 0 atom stereocenters. The molecule has 1 N–H and O–H groups in total. The highest BCUT2D eigenvalue weighted by Gasteiger charge is 2.17. The molecule has 29 heavy (non-hydrogen) atoms. The van der Waals surface area contributed by atoms with Crippen LogP contribution in [0, 0.1) is 13.8 Å². The highest BCUT2D eigenvalue weighted by molar-refractivity contribution is 7.19. The fourth-order valence-corrected chi connectivity index (χ4v) is 4.57. The maximum Gasteiger partial charge on any atom is 0.277 e. The fraction of sp³-hybridized carbons (Fsp3) is 0.300. The Morgan fingerprint density at radius 3 is 2.69 bits per heavy atom. The lowest BCUT2D eigenvalue weighted by Crippen LogP contribution is -2.44. The van der Waals surface area contributed by atoms with Crippen LogP contribution in [-0.2, 0) is 0 Å². The molecule has 1 aromatic carbocycles. The molecule has 0 amide bonds. The van der Waals surface area contributed by atoms with Crippen LogP contribution < -0.4 is 15.8 Å². The summed E-state index contributed by atoms with van der Waals surface area (Å²) >= 11 is 1.42. The van der Waals surface area contributed by atoms with Crippen molar-refractivity contribution in [3.63, 3.8) is 0 Å². The fourth-order valence-electron chi connectivity index (χ4n) is 3.67. The van der Waals surface area contributed by atoms with Gasteiger partial charge in [-0.25, -0.2) is 4.98 Å². The first-order valence-electron chi connectivity index (χ1n) is 9.50. The van der Waals surface area contributed by atoms with Crippen LogP contribution in [0.3, 0.4) is 0 Å². The standard InChI is InChI=1S/C20H20N6O2S/c1-12-18(13(2)28-24-12)14-4-3-5-15(10-14)19-23-26-17(27)11-16(22-20(26)29-19)25-8-6-21-7-9-25/h3-5,10-11,21H,6-9H2,1-2H3. The van der Waals surface area contributed by atoms with Gasteiger partial charge in [0.05, 0.1) is 5.69 Å². The Balaban J connectivity index is 1.57. The maximum absolute atomic E-state index is 12.6. The van der Waals surface area contributed by atoms with Gasteiger partial charge in [-0.2, -0.15) is 9.61 Å². The summed E-state index contributed by atoms with van der Waals surface area (Å²) < 4.78 is 6.69. The summed E-state index contributed by atoms with van der Waals surface area (Å²) in [7, 11) is 0. The molecule has 3 aromatic heterocycles. The second-order valence-electron chi connectivity index (χ2n) is 7.07. The van der Waals surface area contributed by atoms with E-state index in [0.29, 0.717) is 4.96 Å². The third kappa shape index (κ3) is 3.22. The van der Waals surface area contributed by atoms with Gasteiger partial charge in [-0.1, -0.05) is 34.7 Å². The highest BCUT2D eigenvalue weighted by atomic mass is 32.1. The number of rotatable bonds is 3. The lowest BCUT2D eigenvalue weighted by atomic mass is 10.0. The predicted molar refractivity (Wildman–Crippen MR) is 113 cm³/mol. The summed E-state index contributed by atoms with van der Waals surface area (Å²) in [6.07, 6.45) is 0. The first-order valence-corrected chi connectivity index (χ1v) is 10.3. The van der Waals surface area contributed by atoms with Crippen molar-refractivity contribution in [3.8, 4) is 21.7 Å². The third-order valence-electron chi connectivity index (χ3n) is 5.10. The molecule has 1 fully saturated rings. The molecular formula is C20H20N6O2S. The molecule has 1 aliphatic rings. The Kier molecular flexibility index (Phi) is 4.40. The zero-order valence-electron chi connectivity index (χ0n) is 16.2. The van der Waals surface area contributed by atoms with Gasteiger partial charge in [-0.3, -0.25) is 4.79 Å². The summed E-state index contributed by atoms with van der Waals surface area (Å²) in [6.45, 7) is 7.30. The number of aromatic nitrogens is 4. The van der Waals surface area contributed by atoms with Crippen LogP contribution in [0.15, 0.2) is 39.6 Å². The van der Waals surface area contributed by atoms with Crippen molar-refractivity contribution in [2.45, 2.75) is 13.8 Å². The van der Waals surface area contributed by atoms with Crippen LogP contribution in [0.4, 0.5) is 5.82 Å². The minimum atomic E-state index is -0.159. The van der Waals surface area contributed by atoms with Crippen molar-refractivity contribution in [2.24, 2.45) is 0 Å². The SMILES string of the molecule is Cc1noc(C)c1-c1cccc(-c2nn3c(=O)cc(N4CCNCC4)nc3s2)c1. The predicted octanol–water partition coefficient (Wildman–Crippen LogP) is 2.50. The molecule has 1 aliphatic heterocycles. The number of hydrogen-bond acceptors (Lipinski definition) is 8. The van der Waals surface area contributed by atoms with Gasteiger partial charge < -0.3 is 14.7 Å². The topological polar surface area (TPSA) is 88.6 Å². The van der Waals surface area contributed by atoms with Crippen molar-refractivity contribution in [1.29, 1.82) is 0 Å². The van der Waals surface area contributed by atoms with Crippen LogP contribution in [0.2, 0.25) is 0 Å². The van der Waals surface area contributed by atoms with Gasteiger partial charge in [0.2, 0.25) is 4.96 Å². The molecule has 148 valence electrons. The molecule has 0 radical (unpaired) electrons. The monoisotopic (exact) mass is 408 g/mol. The lowest BCUT2D eigenvalue weighted by Gasteiger charge is -2.27. The van der Waals surface area contributed by atoms with Crippen LogP contribution in [0.1, 0.15) is 11.5 Å². The normalized spacial score (nSPS) is 14.6. The highest BCUT2D eigenvalue weighted by Crippen LogP contribution is 2.32. The second kappa shape index (κ2) is 7.09. The van der Waals surface area contributed by atoms with Crippen LogP contribution in [-0.4, -0.2) is 45.9 Å². The van der Waals surface area contributed by atoms with Gasteiger partial charge >= 0.3 is 0 Å². The summed E-state index contributed by atoms with van der Waals surface area (Å²) in [5.41, 5.74) is 3.63. The van der Waals surface area contributed by atoms with Crippen molar-refractivity contribution in [3.05, 3.63) is 52.1 Å². The molecule has 8 nitrogen and oxygen atoms in total. The van der Waals surface area contributed by atoms with Gasteiger partial charge in [0.25, 0.3) is 5.56 Å². The number of fused-ring (bicyclic) bond motifs is 1. The van der Waals surface area contributed by atoms with Crippen LogP contribution in [0.5, 0.6) is 0 Å². The van der Waals surface area contributed by atoms with Crippen molar-refractivity contribution < 1.29 is 4.52 Å². The number of piperazine rings is 1. The number of anilines is 1. The van der Waals surface area contributed by atoms with Gasteiger partial charge in [-0.15, -0.1) is 0 Å². The van der Waals surface area contributed by atoms with E-state index in [9.17, 15) is 4.79 Å². The Morgan fingerprint density at radius 1 is 1.14 bits per heavy atom. The minimum Gasteiger partial charge on any atom is -0.361 e. The number of hydrogen-bond donors (Lipinski definition) is 1. The lowest BCUT2D eigenvalue weighted by molar-refractivity contribution is 0.393. The van der Waals surface area contributed by atoms with E-state index in [4.69, 9.17) is 9.51 Å². The molecule has 4 heterocycles. The van der Waals surface area contributed by atoms with E-state index in [1.165, 1.54) is 15.9 Å². The smallest absolute Gasteiger partial charge is 0.277 e. The van der Waals surface area contributed by atoms with E-state index in [1.807, 2.05) is 38.1 Å². The molecule has 0 saturated carbocycles. The molecular weight excluding hydrogens is 388 g/mol. The maximum atomic E-state index is 12.6. The number of aryl methyl sites for hydroxylation is 2. The third-order valence-corrected chi connectivity index (χ3v) is 6.06. The molecule has 0 spiro atoms. The van der Waals surface area contributed by atoms with Crippen LogP contribution in [0.25, 0.3) is 26.7 Å². The van der Waals surface area contributed by atoms with Crippen molar-refractivity contribution in [1.82, 2.24) is 25.1 Å². The Labute approximate surface area is 170 Å². The first kappa shape index (κ1) is 18.0. The molecule has 0 unspecified atom stereocenters. The first-order chi connectivity index (χ1) is 14.1. The zero-order valence-corrected chi connectivity index (χ0v) is 17.0. The molecule has 0 bridgehead atoms. The number of nitrogens with zero attached hydrogens (tertiary/aromatic N) is 5. The van der Waals surface area contributed by atoms with E-state index < -0.39 is 0 Å². The van der Waals surface area contributed by atoms with E-state index >= 15 is 0 Å².